The average molecular weight is 290 g/mol. The molecule has 2 rings (SSSR count). The number of thiophene rings is 1. The summed E-state index contributed by atoms with van der Waals surface area (Å²) in [5, 5.41) is 15.0. The Labute approximate surface area is 110 Å². The number of hydrogen-bond donors (Lipinski definition) is 1. The van der Waals surface area contributed by atoms with Gasteiger partial charge in [0.25, 0.3) is 0 Å². The first-order valence-corrected chi connectivity index (χ1v) is 6.23. The Kier molecular flexibility index (Phi) is 3.36. The van der Waals surface area contributed by atoms with Crippen molar-refractivity contribution in [2.45, 2.75) is 19.6 Å². The molecule has 0 fully saturated rings. The highest BCUT2D eigenvalue weighted by molar-refractivity contribution is 7.08. The second kappa shape index (κ2) is 4.69. The molecule has 0 aliphatic rings. The van der Waals surface area contributed by atoms with E-state index in [0.29, 0.717) is 6.54 Å². The third-order valence-corrected chi connectivity index (χ3v) is 3.29. The van der Waals surface area contributed by atoms with Gasteiger partial charge in [0.2, 0.25) is 0 Å². The Morgan fingerprint density at radius 2 is 2.11 bits per heavy atom. The Hall–Kier alpha value is -1.83. The lowest BCUT2D eigenvalue weighted by molar-refractivity contribution is -0.136. The lowest BCUT2D eigenvalue weighted by Crippen LogP contribution is -2.06. The minimum absolute atomic E-state index is 0.0112. The zero-order valence-corrected chi connectivity index (χ0v) is 10.5. The quantitative estimate of drug-likeness (QED) is 0.943. The van der Waals surface area contributed by atoms with Gasteiger partial charge in [-0.25, -0.2) is 4.79 Å². The van der Waals surface area contributed by atoms with Crippen molar-refractivity contribution in [1.82, 2.24) is 9.78 Å². The fraction of sp³-hybridized carbons (Fsp3) is 0.273. The molecule has 19 heavy (non-hydrogen) atoms. The van der Waals surface area contributed by atoms with Crippen molar-refractivity contribution in [3.05, 3.63) is 28.2 Å². The van der Waals surface area contributed by atoms with E-state index in [2.05, 4.69) is 5.10 Å². The number of nitrogens with zero attached hydrogens (tertiary/aromatic N) is 2. The number of aryl methyl sites for hydroxylation is 1. The molecule has 102 valence electrons. The van der Waals surface area contributed by atoms with Crippen LogP contribution in [0.1, 0.15) is 23.0 Å². The van der Waals surface area contributed by atoms with Crippen molar-refractivity contribution in [1.29, 1.82) is 0 Å². The first-order chi connectivity index (χ1) is 8.84. The minimum atomic E-state index is -4.51. The van der Waals surface area contributed by atoms with Crippen molar-refractivity contribution in [3.63, 3.8) is 0 Å². The first-order valence-electron chi connectivity index (χ1n) is 5.29. The zero-order valence-electron chi connectivity index (χ0n) is 9.73. The van der Waals surface area contributed by atoms with Gasteiger partial charge in [0.1, 0.15) is 0 Å². The summed E-state index contributed by atoms with van der Waals surface area (Å²) in [5.74, 6) is -1.35. The summed E-state index contributed by atoms with van der Waals surface area (Å²) in [4.78, 5) is 11.1. The monoisotopic (exact) mass is 290 g/mol. The van der Waals surface area contributed by atoms with E-state index in [1.54, 1.807) is 6.92 Å². The van der Waals surface area contributed by atoms with Crippen LogP contribution >= 0.6 is 11.3 Å². The van der Waals surface area contributed by atoms with Crippen molar-refractivity contribution in [2.75, 3.05) is 0 Å². The van der Waals surface area contributed by atoms with Crippen LogP contribution in [0.15, 0.2) is 17.0 Å². The topological polar surface area (TPSA) is 55.1 Å². The smallest absolute Gasteiger partial charge is 0.417 e. The summed E-state index contributed by atoms with van der Waals surface area (Å²) in [5.41, 5.74) is -1.36. The van der Waals surface area contributed by atoms with Gasteiger partial charge in [0.05, 0.1) is 5.56 Å². The van der Waals surface area contributed by atoms with Crippen molar-refractivity contribution in [3.8, 4) is 11.1 Å². The molecule has 1 N–H and O–H groups in total. The van der Waals surface area contributed by atoms with E-state index in [-0.39, 0.29) is 16.8 Å². The molecule has 0 aromatic carbocycles. The maximum Gasteiger partial charge on any atom is 0.417 e. The van der Waals surface area contributed by atoms with Crippen molar-refractivity contribution < 1.29 is 23.1 Å². The Morgan fingerprint density at radius 3 is 2.63 bits per heavy atom. The van der Waals surface area contributed by atoms with Gasteiger partial charge in [-0.05, 0) is 12.3 Å². The lowest BCUT2D eigenvalue weighted by Gasteiger charge is -2.06. The number of halogens is 3. The van der Waals surface area contributed by atoms with Crippen LogP contribution in [0.5, 0.6) is 0 Å². The number of rotatable bonds is 3. The summed E-state index contributed by atoms with van der Waals surface area (Å²) in [6, 6.07) is 0. The lowest BCUT2D eigenvalue weighted by atomic mass is 10.1. The number of carboxylic acids is 1. The second-order valence-corrected chi connectivity index (χ2v) is 4.49. The van der Waals surface area contributed by atoms with Crippen LogP contribution in [0.25, 0.3) is 11.1 Å². The fourth-order valence-electron chi connectivity index (χ4n) is 1.66. The molecule has 8 heteroatoms. The van der Waals surface area contributed by atoms with E-state index in [1.165, 1.54) is 16.3 Å². The van der Waals surface area contributed by atoms with Crippen LogP contribution in [0.3, 0.4) is 0 Å². The zero-order chi connectivity index (χ0) is 14.2. The molecule has 0 radical (unpaired) electrons. The van der Waals surface area contributed by atoms with Crippen molar-refractivity contribution in [2.24, 2.45) is 0 Å². The normalized spacial score (nSPS) is 11.8. The highest BCUT2D eigenvalue weighted by Crippen LogP contribution is 2.40. The molecule has 2 heterocycles. The summed E-state index contributed by atoms with van der Waals surface area (Å²) < 4.78 is 39.8. The number of carboxylic acid groups (broad SMARTS) is 1. The van der Waals surface area contributed by atoms with Gasteiger partial charge >= 0.3 is 12.1 Å². The minimum Gasteiger partial charge on any atom is -0.476 e. The largest absolute Gasteiger partial charge is 0.476 e. The van der Waals surface area contributed by atoms with E-state index in [0.717, 1.165) is 16.7 Å². The van der Waals surface area contributed by atoms with Gasteiger partial charge in [0.15, 0.2) is 5.69 Å². The highest BCUT2D eigenvalue weighted by atomic mass is 32.1. The summed E-state index contributed by atoms with van der Waals surface area (Å²) >= 11 is 0.875. The molecule has 4 nitrogen and oxygen atoms in total. The number of alkyl halides is 3. The maximum absolute atomic E-state index is 12.8. The fourth-order valence-corrected chi connectivity index (χ4v) is 2.52. The van der Waals surface area contributed by atoms with E-state index >= 15 is 0 Å². The van der Waals surface area contributed by atoms with Crippen molar-refractivity contribution >= 4 is 17.3 Å². The molecule has 0 aliphatic carbocycles. The summed E-state index contributed by atoms with van der Waals surface area (Å²) in [7, 11) is 0. The molecule has 2 aromatic rings. The predicted molar refractivity (Wildman–Crippen MR) is 63.2 cm³/mol. The Bertz CT molecular complexity index is 616. The number of aromatic nitrogens is 2. The SMILES string of the molecule is CCn1cc(-c2cscc2C(F)(F)F)c(C(=O)O)n1. The van der Waals surface area contributed by atoms with Crippen LogP contribution in [-0.2, 0) is 12.7 Å². The van der Waals surface area contributed by atoms with E-state index < -0.39 is 17.7 Å². The molecule has 0 unspecified atom stereocenters. The second-order valence-electron chi connectivity index (χ2n) is 3.75. The van der Waals surface area contributed by atoms with E-state index in [9.17, 15) is 18.0 Å². The average Bonchev–Trinajstić information content (AvgIpc) is 2.94. The van der Waals surface area contributed by atoms with Gasteiger partial charge in [-0.15, -0.1) is 0 Å². The van der Waals surface area contributed by atoms with Gasteiger partial charge < -0.3 is 5.11 Å². The molecular formula is C11H9F3N2O2S. The van der Waals surface area contributed by atoms with Crippen LogP contribution in [0.4, 0.5) is 13.2 Å². The molecule has 0 spiro atoms. The summed E-state index contributed by atoms with van der Waals surface area (Å²) in [6.45, 7) is 2.10. The van der Waals surface area contributed by atoms with Gasteiger partial charge in [-0.2, -0.15) is 29.6 Å². The molecule has 0 saturated heterocycles. The van der Waals surface area contributed by atoms with Gasteiger partial charge in [-0.3, -0.25) is 4.68 Å². The predicted octanol–water partition coefficient (Wildman–Crippen LogP) is 3.35. The molecule has 0 amide bonds. The first kappa shape index (κ1) is 13.6. The molecular weight excluding hydrogens is 281 g/mol. The van der Waals surface area contributed by atoms with E-state index in [4.69, 9.17) is 5.11 Å². The number of hydrogen-bond acceptors (Lipinski definition) is 3. The number of carbonyl (C=O) groups is 1. The third kappa shape index (κ3) is 2.48. The van der Waals surface area contributed by atoms with Gasteiger partial charge in [-0.1, -0.05) is 0 Å². The van der Waals surface area contributed by atoms with Crippen LogP contribution in [0.2, 0.25) is 0 Å². The molecule has 2 aromatic heterocycles. The van der Waals surface area contributed by atoms with Crippen LogP contribution in [0, 0.1) is 0 Å². The Balaban J connectivity index is 2.62. The highest BCUT2D eigenvalue weighted by Gasteiger charge is 2.35. The summed E-state index contributed by atoms with van der Waals surface area (Å²) in [6.07, 6.45) is -3.19. The Morgan fingerprint density at radius 1 is 1.42 bits per heavy atom. The van der Waals surface area contributed by atoms with E-state index in [1.807, 2.05) is 0 Å². The van der Waals surface area contributed by atoms with Crippen LogP contribution in [-0.4, -0.2) is 20.9 Å². The molecule has 0 aliphatic heterocycles. The van der Waals surface area contributed by atoms with Gasteiger partial charge in [0, 0.05) is 29.2 Å². The molecule has 0 saturated carbocycles. The molecule has 0 bridgehead atoms. The van der Waals surface area contributed by atoms with Crippen LogP contribution < -0.4 is 0 Å². The standard InChI is InChI=1S/C11H9F3N2O2S/c1-2-16-3-6(9(15-16)10(17)18)7-4-19-5-8(7)11(12,13)14/h3-5H,2H2,1H3,(H,17,18). The maximum atomic E-state index is 12.8. The molecule has 0 atom stereocenters. The third-order valence-electron chi connectivity index (χ3n) is 2.55. The number of aromatic carboxylic acids is 1.